The van der Waals surface area contributed by atoms with Crippen LogP contribution in [-0.4, -0.2) is 108 Å². The number of aliphatic hydroxyl groups is 4. The predicted octanol–water partition coefficient (Wildman–Crippen LogP) is -0.383. The van der Waals surface area contributed by atoms with Crippen LogP contribution in [0.25, 0.3) is 0 Å². The van der Waals surface area contributed by atoms with Gasteiger partial charge in [-0.3, -0.25) is 4.90 Å². The summed E-state index contributed by atoms with van der Waals surface area (Å²) in [5, 5.41) is 48.2. The zero-order chi connectivity index (χ0) is 22.8. The van der Waals surface area contributed by atoms with Crippen molar-refractivity contribution in [1.29, 1.82) is 0 Å². The second kappa shape index (κ2) is 6.66. The van der Waals surface area contributed by atoms with Crippen molar-refractivity contribution in [2.24, 2.45) is 34.5 Å². The molecule has 0 amide bonds. The summed E-state index contributed by atoms with van der Waals surface area (Å²) in [5.41, 5.74) is -4.11. The van der Waals surface area contributed by atoms with Crippen LogP contribution in [0.2, 0.25) is 0 Å². The zero-order valence-electron chi connectivity index (χ0n) is 19.6. The van der Waals surface area contributed by atoms with Gasteiger partial charge in [-0.15, -0.1) is 0 Å². The molecular formula is C24H39NO7. The lowest BCUT2D eigenvalue weighted by molar-refractivity contribution is -0.318. The van der Waals surface area contributed by atoms with Gasteiger partial charge in [-0.25, -0.2) is 0 Å². The van der Waals surface area contributed by atoms with E-state index in [4.69, 9.17) is 14.2 Å². The van der Waals surface area contributed by atoms with E-state index in [0.717, 1.165) is 13.0 Å². The first kappa shape index (κ1) is 22.2. The van der Waals surface area contributed by atoms with Crippen LogP contribution in [0.15, 0.2) is 0 Å². The molecule has 1 spiro atoms. The van der Waals surface area contributed by atoms with Gasteiger partial charge in [-0.2, -0.15) is 0 Å². The second-order valence-electron chi connectivity index (χ2n) is 11.7. The van der Waals surface area contributed by atoms with Gasteiger partial charge in [0.2, 0.25) is 0 Å². The Bertz CT molecular complexity index is 794. The van der Waals surface area contributed by atoms with E-state index in [-0.39, 0.29) is 41.6 Å². The Kier molecular flexibility index (Phi) is 4.62. The van der Waals surface area contributed by atoms with Crippen molar-refractivity contribution in [3.63, 3.8) is 0 Å². The first-order chi connectivity index (χ1) is 15.2. The normalized spacial score (nSPS) is 62.4. The molecular weight excluding hydrogens is 414 g/mol. The average Bonchev–Trinajstić information content (AvgIpc) is 3.20. The van der Waals surface area contributed by atoms with Gasteiger partial charge in [0.25, 0.3) is 0 Å². The van der Waals surface area contributed by atoms with Crippen LogP contribution >= 0.6 is 0 Å². The summed E-state index contributed by atoms with van der Waals surface area (Å²) < 4.78 is 17.9. The number of hydrogen-bond donors (Lipinski definition) is 4. The molecule has 13 atom stereocenters. The van der Waals surface area contributed by atoms with Crippen molar-refractivity contribution >= 4 is 0 Å². The third kappa shape index (κ3) is 1.99. The number of methoxy groups -OCH3 is 3. The standard InChI is InChI=1S/C24H39NO7/c1-5-25-10-21(11-30-2)7-6-15(27)23-13-8-12-14(26)9-22(28,16(13)17(12)31-3)24(29,20(23)25)19(32-4)18(21)23/h12-20,26-29H,5-11H2,1-4H3/t12-,13-,14+,15-,16-,17-,18+,19+,20-,21-,22-,23-,24+/m0/s1. The molecule has 7 bridgehead atoms. The second-order valence-corrected chi connectivity index (χ2v) is 11.7. The van der Waals surface area contributed by atoms with Gasteiger partial charge >= 0.3 is 0 Å². The van der Waals surface area contributed by atoms with Gasteiger partial charge in [0.1, 0.15) is 11.2 Å². The maximum Gasteiger partial charge on any atom is 0.136 e. The minimum atomic E-state index is -1.63. The highest BCUT2D eigenvalue weighted by Crippen LogP contribution is 2.80. The van der Waals surface area contributed by atoms with Gasteiger partial charge in [-0.05, 0) is 31.7 Å². The van der Waals surface area contributed by atoms with E-state index in [1.807, 2.05) is 0 Å². The lowest BCUT2D eigenvalue weighted by Crippen LogP contribution is -2.82. The first-order valence-electron chi connectivity index (χ1n) is 12.3. The molecule has 6 rings (SSSR count). The molecule has 182 valence electrons. The molecule has 0 aromatic rings. The summed E-state index contributed by atoms with van der Waals surface area (Å²) in [7, 11) is 4.97. The van der Waals surface area contributed by atoms with Gasteiger partial charge in [0, 0.05) is 62.9 Å². The maximum atomic E-state index is 12.8. The van der Waals surface area contributed by atoms with E-state index >= 15 is 0 Å². The monoisotopic (exact) mass is 453 g/mol. The van der Waals surface area contributed by atoms with Crippen LogP contribution in [0, 0.1) is 34.5 Å². The lowest BCUT2D eigenvalue weighted by Gasteiger charge is -2.69. The van der Waals surface area contributed by atoms with Crippen LogP contribution < -0.4 is 0 Å². The van der Waals surface area contributed by atoms with Crippen LogP contribution in [0.5, 0.6) is 0 Å². The predicted molar refractivity (Wildman–Crippen MR) is 114 cm³/mol. The summed E-state index contributed by atoms with van der Waals surface area (Å²) in [6.45, 7) is 4.06. The van der Waals surface area contributed by atoms with Gasteiger partial charge in [0.15, 0.2) is 0 Å². The zero-order valence-corrected chi connectivity index (χ0v) is 19.6. The topological polar surface area (TPSA) is 112 Å². The third-order valence-corrected chi connectivity index (χ3v) is 11.2. The fourth-order valence-corrected chi connectivity index (χ4v) is 10.8. The molecule has 0 unspecified atom stereocenters. The smallest absolute Gasteiger partial charge is 0.136 e. The number of hydrogen-bond acceptors (Lipinski definition) is 8. The van der Waals surface area contributed by atoms with E-state index in [1.165, 1.54) is 0 Å². The molecule has 8 nitrogen and oxygen atoms in total. The van der Waals surface area contributed by atoms with E-state index in [0.29, 0.717) is 26.0 Å². The van der Waals surface area contributed by atoms with Crippen molar-refractivity contribution in [3.8, 4) is 0 Å². The Morgan fingerprint density at radius 1 is 1.09 bits per heavy atom. The Morgan fingerprint density at radius 3 is 2.47 bits per heavy atom. The molecule has 6 aliphatic rings. The number of likely N-dealkylation sites (tertiary alicyclic amines) is 1. The lowest BCUT2D eigenvalue weighted by atomic mass is 9.42. The van der Waals surface area contributed by atoms with E-state index in [9.17, 15) is 20.4 Å². The molecule has 1 aliphatic heterocycles. The molecule has 0 aromatic carbocycles. The number of likely N-dealkylation sites (N-methyl/N-ethyl adjacent to an activating group) is 1. The summed E-state index contributed by atoms with van der Waals surface area (Å²) in [4.78, 5) is 2.28. The van der Waals surface area contributed by atoms with Gasteiger partial charge in [0.05, 0.1) is 37.1 Å². The number of aliphatic hydroxyl groups excluding tert-OH is 2. The van der Waals surface area contributed by atoms with Crippen LogP contribution in [0.4, 0.5) is 0 Å². The van der Waals surface area contributed by atoms with Crippen LogP contribution in [0.1, 0.15) is 32.6 Å². The highest BCUT2D eigenvalue weighted by Gasteiger charge is 2.91. The Hall–Kier alpha value is -0.320. The Morgan fingerprint density at radius 2 is 1.84 bits per heavy atom. The molecule has 5 aliphatic carbocycles. The maximum absolute atomic E-state index is 12.8. The molecule has 1 saturated heterocycles. The average molecular weight is 454 g/mol. The molecule has 5 saturated carbocycles. The highest BCUT2D eigenvalue weighted by atomic mass is 16.5. The third-order valence-electron chi connectivity index (χ3n) is 11.2. The Labute approximate surface area is 189 Å². The highest BCUT2D eigenvalue weighted by molar-refractivity contribution is 5.41. The van der Waals surface area contributed by atoms with Crippen molar-refractivity contribution in [2.45, 2.75) is 74.3 Å². The number of piperidine rings is 1. The molecule has 32 heavy (non-hydrogen) atoms. The van der Waals surface area contributed by atoms with Crippen LogP contribution in [-0.2, 0) is 14.2 Å². The molecule has 0 radical (unpaired) electrons. The number of rotatable bonds is 5. The van der Waals surface area contributed by atoms with Crippen molar-refractivity contribution in [1.82, 2.24) is 4.90 Å². The van der Waals surface area contributed by atoms with Gasteiger partial charge in [-0.1, -0.05) is 6.92 Å². The minimum Gasteiger partial charge on any atom is -0.393 e. The Balaban J connectivity index is 1.68. The van der Waals surface area contributed by atoms with Gasteiger partial charge < -0.3 is 34.6 Å². The SMILES string of the molecule is CCN1C[C@]2(COC)CC[C@H](O)[C@@]34[C@@H]2[C@@H](OC)[C@@](O)([C@@H]13)[C@]1(O)C[C@@H](O)[C@@H]2C[C@H]4[C@H]1[C@H]2OC. The summed E-state index contributed by atoms with van der Waals surface area (Å²) >= 11 is 0. The summed E-state index contributed by atoms with van der Waals surface area (Å²) in [6.07, 6.45) is -0.157. The molecule has 6 fully saturated rings. The fourth-order valence-electron chi connectivity index (χ4n) is 10.8. The molecule has 0 aromatic heterocycles. The van der Waals surface area contributed by atoms with Crippen molar-refractivity contribution in [3.05, 3.63) is 0 Å². The summed E-state index contributed by atoms with van der Waals surface area (Å²) in [5.74, 6) is -0.671. The quantitative estimate of drug-likeness (QED) is 0.446. The number of fused-ring (bicyclic) bond motifs is 2. The number of nitrogens with zero attached hydrogens (tertiary/aromatic N) is 1. The van der Waals surface area contributed by atoms with Crippen molar-refractivity contribution < 1.29 is 34.6 Å². The van der Waals surface area contributed by atoms with E-state index in [1.54, 1.807) is 21.3 Å². The molecule has 4 N–H and O–H groups in total. The van der Waals surface area contributed by atoms with Crippen LogP contribution in [0.3, 0.4) is 0 Å². The molecule has 1 heterocycles. The number of ether oxygens (including phenoxy) is 3. The first-order valence-corrected chi connectivity index (χ1v) is 12.3. The molecule has 8 heteroatoms. The van der Waals surface area contributed by atoms with E-state index < -0.39 is 41.0 Å². The minimum absolute atomic E-state index is 0.0732. The fraction of sp³-hybridized carbons (Fsp3) is 1.00. The van der Waals surface area contributed by atoms with E-state index in [2.05, 4.69) is 11.8 Å². The summed E-state index contributed by atoms with van der Waals surface area (Å²) in [6, 6.07) is -0.442. The largest absolute Gasteiger partial charge is 0.393 e. The van der Waals surface area contributed by atoms with Crippen molar-refractivity contribution in [2.75, 3.05) is 41.0 Å².